The van der Waals surface area contributed by atoms with Crippen LogP contribution in [0, 0.1) is 0 Å². The Morgan fingerprint density at radius 1 is 1.00 bits per heavy atom. The molecule has 0 fully saturated rings. The first-order valence-corrected chi connectivity index (χ1v) is 7.11. The minimum Gasteiger partial charge on any atom is -0.508 e. The molecule has 116 valence electrons. The summed E-state index contributed by atoms with van der Waals surface area (Å²) in [4.78, 5) is 12.5. The molecule has 6 nitrogen and oxygen atoms in total. The molecule has 0 saturated carbocycles. The highest BCUT2D eigenvalue weighted by Crippen LogP contribution is 2.48. The Labute approximate surface area is 130 Å². The number of pyridine rings is 1. The van der Waals surface area contributed by atoms with Gasteiger partial charge in [-0.1, -0.05) is 0 Å². The zero-order valence-electron chi connectivity index (χ0n) is 12.0. The number of phenols is 2. The number of benzene rings is 2. The third-order valence-electron chi connectivity index (χ3n) is 3.99. The van der Waals surface area contributed by atoms with Crippen molar-refractivity contribution in [3.05, 3.63) is 46.9 Å². The van der Waals surface area contributed by atoms with E-state index in [2.05, 4.69) is 0 Å². The topological polar surface area (TPSA) is 91.9 Å². The van der Waals surface area contributed by atoms with E-state index in [1.165, 1.54) is 16.7 Å². The fourth-order valence-corrected chi connectivity index (χ4v) is 2.98. The van der Waals surface area contributed by atoms with Crippen molar-refractivity contribution in [2.24, 2.45) is 0 Å². The van der Waals surface area contributed by atoms with Gasteiger partial charge in [-0.15, -0.1) is 0 Å². The number of hydrogen-bond acceptors (Lipinski definition) is 5. The van der Waals surface area contributed by atoms with Gasteiger partial charge in [0.2, 0.25) is 0 Å². The molecule has 0 amide bonds. The summed E-state index contributed by atoms with van der Waals surface area (Å²) < 4.78 is 7.14. The number of aliphatic hydroxyl groups is 1. The van der Waals surface area contributed by atoms with Gasteiger partial charge in [-0.3, -0.25) is 4.79 Å². The number of rotatable bonds is 2. The maximum Gasteiger partial charge on any atom is 0.262 e. The molecule has 0 unspecified atom stereocenters. The lowest BCUT2D eigenvalue weighted by atomic mass is 9.96. The number of nitrogens with zero attached hydrogens (tertiary/aromatic N) is 1. The number of phenolic OH excluding ortho intramolecular Hbond substituents is 2. The van der Waals surface area contributed by atoms with Gasteiger partial charge in [-0.2, -0.15) is 0 Å². The Kier molecular flexibility index (Phi) is 2.82. The zero-order valence-corrected chi connectivity index (χ0v) is 12.0. The van der Waals surface area contributed by atoms with Gasteiger partial charge < -0.3 is 24.6 Å². The Morgan fingerprint density at radius 3 is 2.57 bits per heavy atom. The quantitative estimate of drug-likeness (QED) is 0.528. The molecular weight excluding hydrogens is 298 g/mol. The molecule has 0 spiro atoms. The first-order valence-electron chi connectivity index (χ1n) is 7.11. The molecule has 0 bridgehead atoms. The Balaban J connectivity index is 2.19. The van der Waals surface area contributed by atoms with Gasteiger partial charge in [-0.25, -0.2) is 0 Å². The van der Waals surface area contributed by atoms with Crippen LogP contribution in [0.15, 0.2) is 41.3 Å². The summed E-state index contributed by atoms with van der Waals surface area (Å²) in [6, 6.07) is 7.73. The van der Waals surface area contributed by atoms with Crippen LogP contribution in [0.1, 0.15) is 0 Å². The minimum atomic E-state index is -0.399. The summed E-state index contributed by atoms with van der Waals surface area (Å²) in [6.07, 6.45) is 1.62. The van der Waals surface area contributed by atoms with Crippen LogP contribution in [0.2, 0.25) is 0 Å². The average molecular weight is 311 g/mol. The molecule has 4 rings (SSSR count). The van der Waals surface area contributed by atoms with E-state index in [0.717, 1.165) is 0 Å². The van der Waals surface area contributed by atoms with E-state index in [0.29, 0.717) is 28.0 Å². The summed E-state index contributed by atoms with van der Waals surface area (Å²) >= 11 is 0. The summed E-state index contributed by atoms with van der Waals surface area (Å²) in [5.41, 5.74) is 0.889. The van der Waals surface area contributed by atoms with E-state index in [1.54, 1.807) is 24.4 Å². The van der Waals surface area contributed by atoms with Crippen molar-refractivity contribution in [1.82, 2.24) is 4.57 Å². The maximum atomic E-state index is 12.5. The molecule has 1 aliphatic rings. The van der Waals surface area contributed by atoms with Gasteiger partial charge in [-0.05, 0) is 30.3 Å². The highest BCUT2D eigenvalue weighted by molar-refractivity contribution is 6.05. The fourth-order valence-electron chi connectivity index (χ4n) is 2.98. The molecule has 6 heteroatoms. The van der Waals surface area contributed by atoms with Crippen molar-refractivity contribution < 1.29 is 20.1 Å². The zero-order chi connectivity index (χ0) is 16.1. The molecule has 1 aliphatic heterocycles. The van der Waals surface area contributed by atoms with E-state index in [9.17, 15) is 20.1 Å². The van der Waals surface area contributed by atoms with Crippen molar-refractivity contribution in [3.8, 4) is 34.1 Å². The summed E-state index contributed by atoms with van der Waals surface area (Å²) in [5, 5.41) is 29.7. The maximum absolute atomic E-state index is 12.5. The van der Waals surface area contributed by atoms with Crippen LogP contribution in [0.25, 0.3) is 21.9 Å². The molecule has 0 atom stereocenters. The Morgan fingerprint density at radius 2 is 1.78 bits per heavy atom. The van der Waals surface area contributed by atoms with Gasteiger partial charge in [0.15, 0.2) is 0 Å². The van der Waals surface area contributed by atoms with E-state index in [-0.39, 0.29) is 30.0 Å². The highest BCUT2D eigenvalue weighted by atomic mass is 16.5. The molecular formula is C17H13NO5. The molecule has 3 N–H and O–H groups in total. The summed E-state index contributed by atoms with van der Waals surface area (Å²) in [5.74, 6) is 0.953. The van der Waals surface area contributed by atoms with E-state index in [4.69, 9.17) is 4.74 Å². The molecule has 3 aromatic rings. The molecule has 0 aliphatic carbocycles. The molecule has 1 aromatic heterocycles. The van der Waals surface area contributed by atoms with Gasteiger partial charge in [0.1, 0.15) is 23.0 Å². The smallest absolute Gasteiger partial charge is 0.262 e. The predicted octanol–water partition coefficient (Wildman–Crippen LogP) is 2.18. The normalized spacial score (nSPS) is 12.0. The number of aromatic hydroxyl groups is 2. The molecule has 23 heavy (non-hydrogen) atoms. The van der Waals surface area contributed by atoms with Gasteiger partial charge in [0.25, 0.3) is 5.56 Å². The third-order valence-corrected chi connectivity index (χ3v) is 3.99. The number of aliphatic hydroxyl groups excluding tert-OH is 1. The van der Waals surface area contributed by atoms with Crippen molar-refractivity contribution in [2.45, 2.75) is 6.54 Å². The number of ether oxygens (including phenoxy) is 1. The second kappa shape index (κ2) is 4.76. The van der Waals surface area contributed by atoms with Crippen LogP contribution < -0.4 is 10.3 Å². The van der Waals surface area contributed by atoms with E-state index >= 15 is 0 Å². The highest BCUT2D eigenvalue weighted by Gasteiger charge is 2.24. The van der Waals surface area contributed by atoms with Crippen molar-refractivity contribution in [2.75, 3.05) is 6.61 Å². The van der Waals surface area contributed by atoms with Crippen LogP contribution in [-0.2, 0) is 6.54 Å². The number of aromatic nitrogens is 1. The number of hydrogen-bond donors (Lipinski definition) is 3. The predicted molar refractivity (Wildman–Crippen MR) is 84.1 cm³/mol. The van der Waals surface area contributed by atoms with Crippen molar-refractivity contribution >= 4 is 10.8 Å². The first kappa shape index (κ1) is 13.7. The lowest BCUT2D eigenvalue weighted by Gasteiger charge is -2.22. The van der Waals surface area contributed by atoms with E-state index in [1.807, 2.05) is 0 Å². The Bertz CT molecular complexity index is 1010. The average Bonchev–Trinajstić information content (AvgIpc) is 2.53. The van der Waals surface area contributed by atoms with Crippen LogP contribution in [0.3, 0.4) is 0 Å². The second-order valence-electron chi connectivity index (χ2n) is 5.38. The van der Waals surface area contributed by atoms with Crippen molar-refractivity contribution in [3.63, 3.8) is 0 Å². The van der Waals surface area contributed by atoms with Crippen molar-refractivity contribution in [1.29, 1.82) is 0 Å². The second-order valence-corrected chi connectivity index (χ2v) is 5.38. The molecule has 2 heterocycles. The summed E-state index contributed by atoms with van der Waals surface area (Å²) in [7, 11) is 0. The van der Waals surface area contributed by atoms with Gasteiger partial charge in [0.05, 0.1) is 12.0 Å². The third kappa shape index (κ3) is 1.89. The van der Waals surface area contributed by atoms with Gasteiger partial charge in [0, 0.05) is 29.3 Å². The molecule has 2 aromatic carbocycles. The largest absolute Gasteiger partial charge is 0.508 e. The summed E-state index contributed by atoms with van der Waals surface area (Å²) in [6.45, 7) is -0.0881. The Hall–Kier alpha value is -2.99. The lowest BCUT2D eigenvalue weighted by Crippen LogP contribution is -2.22. The lowest BCUT2D eigenvalue weighted by molar-refractivity contribution is 0.274. The van der Waals surface area contributed by atoms with Crippen LogP contribution in [0.5, 0.6) is 23.0 Å². The monoisotopic (exact) mass is 311 g/mol. The van der Waals surface area contributed by atoms with Crippen LogP contribution >= 0.6 is 0 Å². The van der Waals surface area contributed by atoms with E-state index < -0.39 is 5.56 Å². The van der Waals surface area contributed by atoms with Crippen LogP contribution in [0.4, 0.5) is 0 Å². The minimum absolute atomic E-state index is 0.0732. The van der Waals surface area contributed by atoms with Crippen LogP contribution in [-0.4, -0.2) is 26.5 Å². The molecule has 0 radical (unpaired) electrons. The standard InChI is InChI=1S/C17H13NO5/c19-6-5-18-8-11-10-7-9(20)1-3-13(10)23-14-4-2-12(21)16(15(11)14)17(18)22/h1-4,7-8,19-21H,5-6H2. The molecule has 0 saturated heterocycles. The van der Waals surface area contributed by atoms with Gasteiger partial charge >= 0.3 is 0 Å². The number of fused-ring (bicyclic) bond motifs is 2. The SMILES string of the molecule is O=c1c2c(O)ccc3c2c(cn1CCO)-c1cc(O)ccc1O3. The fraction of sp³-hybridized carbons (Fsp3) is 0.118. The first-order chi connectivity index (χ1) is 11.1.